The van der Waals surface area contributed by atoms with Crippen LogP contribution in [0, 0.1) is 5.82 Å². The quantitative estimate of drug-likeness (QED) is 0.383. The maximum atomic E-state index is 13.5. The molecule has 2 aromatic heterocycles. The first-order valence-electron chi connectivity index (χ1n) is 9.43. The fourth-order valence-corrected chi connectivity index (χ4v) is 4.88. The third-order valence-electron chi connectivity index (χ3n) is 5.21. The van der Waals surface area contributed by atoms with Crippen LogP contribution in [0.3, 0.4) is 0 Å². The highest BCUT2D eigenvalue weighted by molar-refractivity contribution is 7.10. The van der Waals surface area contributed by atoms with Crippen molar-refractivity contribution in [2.75, 3.05) is 5.32 Å². The zero-order valence-corrected chi connectivity index (χ0v) is 17.3. The predicted molar refractivity (Wildman–Crippen MR) is 118 cm³/mol. The average Bonchev–Trinajstić information content (AvgIpc) is 3.42. The molecule has 3 heterocycles. The van der Waals surface area contributed by atoms with E-state index in [1.165, 1.54) is 18.2 Å². The molecule has 0 bridgehead atoms. The Labute approximate surface area is 182 Å². The van der Waals surface area contributed by atoms with Gasteiger partial charge in [0.1, 0.15) is 11.9 Å². The molecule has 0 saturated carbocycles. The third-order valence-corrected chi connectivity index (χ3v) is 6.42. The summed E-state index contributed by atoms with van der Waals surface area (Å²) in [7, 11) is 0. The van der Waals surface area contributed by atoms with E-state index in [9.17, 15) is 9.18 Å². The summed E-state index contributed by atoms with van der Waals surface area (Å²) in [5, 5.41) is 4.86. The first-order chi connectivity index (χ1) is 14.6. The van der Waals surface area contributed by atoms with Crippen LogP contribution in [0.4, 0.5) is 14.9 Å². The van der Waals surface area contributed by atoms with E-state index in [-0.39, 0.29) is 17.1 Å². The number of anilines is 1. The molecule has 4 nitrogen and oxygen atoms in total. The summed E-state index contributed by atoms with van der Waals surface area (Å²) in [6.45, 7) is 0.432. The Bertz CT molecular complexity index is 1220. The number of carbonyl (C=O) groups excluding carboxylic acids is 1. The third kappa shape index (κ3) is 3.28. The van der Waals surface area contributed by atoms with E-state index in [0.717, 1.165) is 21.8 Å². The molecule has 0 spiro atoms. The molecule has 4 aromatic rings. The number of carbonyl (C=O) groups is 1. The summed E-state index contributed by atoms with van der Waals surface area (Å²) in [4.78, 5) is 16.3. The van der Waals surface area contributed by atoms with E-state index >= 15 is 0 Å². The molecule has 1 atom stereocenters. The molecule has 1 N–H and O–H groups in total. The van der Waals surface area contributed by atoms with Crippen LogP contribution >= 0.6 is 22.9 Å². The number of thiophene rings is 1. The van der Waals surface area contributed by atoms with E-state index in [4.69, 9.17) is 11.6 Å². The van der Waals surface area contributed by atoms with Gasteiger partial charge in [-0.15, -0.1) is 11.3 Å². The highest BCUT2D eigenvalue weighted by Gasteiger charge is 2.33. The molecular formula is C23H17ClFN3OS. The normalized spacial score (nSPS) is 15.3. The molecular weight excluding hydrogens is 421 g/mol. The minimum absolute atomic E-state index is 0.0299. The molecule has 5 rings (SSSR count). The number of aromatic nitrogens is 1. The number of urea groups is 1. The van der Waals surface area contributed by atoms with Gasteiger partial charge in [-0.3, -0.25) is 0 Å². The monoisotopic (exact) mass is 437 g/mol. The Morgan fingerprint density at radius 1 is 1.10 bits per heavy atom. The molecule has 1 aliphatic heterocycles. The average molecular weight is 438 g/mol. The van der Waals surface area contributed by atoms with Crippen LogP contribution < -0.4 is 5.32 Å². The molecule has 30 heavy (non-hydrogen) atoms. The number of benzene rings is 2. The number of amides is 2. The van der Waals surface area contributed by atoms with Crippen molar-refractivity contribution in [1.82, 2.24) is 9.47 Å². The molecule has 0 aliphatic carbocycles. The summed E-state index contributed by atoms with van der Waals surface area (Å²) >= 11 is 7.51. The summed E-state index contributed by atoms with van der Waals surface area (Å²) < 4.78 is 15.7. The SMILES string of the molecule is O=C(Nc1ccc(F)c(Cl)c1)N1Cc2ccccc2-n2cccc2[C@@H]1c1cccs1. The predicted octanol–water partition coefficient (Wildman–Crippen LogP) is 6.47. The zero-order chi connectivity index (χ0) is 20.7. The Kier molecular flexibility index (Phi) is 4.81. The van der Waals surface area contributed by atoms with Gasteiger partial charge in [0.15, 0.2) is 0 Å². The number of rotatable bonds is 2. The van der Waals surface area contributed by atoms with Gasteiger partial charge < -0.3 is 14.8 Å². The van der Waals surface area contributed by atoms with Crippen LogP contribution in [0.25, 0.3) is 5.69 Å². The number of hydrogen-bond donors (Lipinski definition) is 1. The van der Waals surface area contributed by atoms with Gasteiger partial charge >= 0.3 is 6.03 Å². The van der Waals surface area contributed by atoms with Crippen LogP contribution in [-0.2, 0) is 6.54 Å². The minimum Gasteiger partial charge on any atom is -0.318 e. The number of nitrogens with one attached hydrogen (secondary N) is 1. The lowest BCUT2D eigenvalue weighted by atomic mass is 10.1. The fraction of sp³-hybridized carbons (Fsp3) is 0.0870. The van der Waals surface area contributed by atoms with Crippen molar-refractivity contribution < 1.29 is 9.18 Å². The summed E-state index contributed by atoms with van der Waals surface area (Å²) in [5.41, 5.74) is 3.56. The highest BCUT2D eigenvalue weighted by atomic mass is 35.5. The van der Waals surface area contributed by atoms with Gasteiger partial charge in [-0.25, -0.2) is 9.18 Å². The van der Waals surface area contributed by atoms with E-state index in [1.807, 2.05) is 54.0 Å². The summed E-state index contributed by atoms with van der Waals surface area (Å²) in [5.74, 6) is -0.521. The summed E-state index contributed by atoms with van der Waals surface area (Å²) in [6.07, 6.45) is 2.02. The second-order valence-corrected chi connectivity index (χ2v) is 8.42. The Morgan fingerprint density at radius 2 is 1.97 bits per heavy atom. The van der Waals surface area contributed by atoms with Crippen LogP contribution in [0.1, 0.15) is 22.2 Å². The second kappa shape index (κ2) is 7.63. The number of para-hydroxylation sites is 1. The number of hydrogen-bond acceptors (Lipinski definition) is 2. The molecule has 2 aromatic carbocycles. The maximum Gasteiger partial charge on any atom is 0.323 e. The van der Waals surface area contributed by atoms with Crippen molar-refractivity contribution in [3.05, 3.63) is 105 Å². The van der Waals surface area contributed by atoms with Gasteiger partial charge in [-0.1, -0.05) is 35.9 Å². The van der Waals surface area contributed by atoms with Crippen LogP contribution in [0.2, 0.25) is 5.02 Å². The first kappa shape index (κ1) is 18.9. The lowest BCUT2D eigenvalue weighted by Crippen LogP contribution is -2.37. The van der Waals surface area contributed by atoms with Crippen LogP contribution in [-0.4, -0.2) is 15.5 Å². The Hall–Kier alpha value is -3.09. The first-order valence-corrected chi connectivity index (χ1v) is 10.7. The fourth-order valence-electron chi connectivity index (χ4n) is 3.85. The van der Waals surface area contributed by atoms with Crippen molar-refractivity contribution in [3.8, 4) is 5.69 Å². The zero-order valence-electron chi connectivity index (χ0n) is 15.8. The molecule has 0 unspecified atom stereocenters. The van der Waals surface area contributed by atoms with Gasteiger partial charge in [0.2, 0.25) is 0 Å². The lowest BCUT2D eigenvalue weighted by molar-refractivity contribution is 0.195. The van der Waals surface area contributed by atoms with Crippen molar-refractivity contribution in [2.24, 2.45) is 0 Å². The van der Waals surface area contributed by atoms with Gasteiger partial charge in [-0.05, 0) is 53.4 Å². The lowest BCUT2D eigenvalue weighted by Gasteiger charge is -2.30. The van der Waals surface area contributed by atoms with E-state index in [1.54, 1.807) is 16.2 Å². The standard InChI is InChI=1S/C23H17ClFN3OS/c24-17-13-16(9-10-18(17)25)26-23(29)28-14-15-5-1-2-6-19(15)27-11-3-7-20(27)22(28)21-8-4-12-30-21/h1-13,22H,14H2,(H,26,29)/t22-/m1/s1. The van der Waals surface area contributed by atoms with Crippen LogP contribution in [0.5, 0.6) is 0 Å². The summed E-state index contributed by atoms with van der Waals surface area (Å²) in [6, 6.07) is 19.8. The van der Waals surface area contributed by atoms with Gasteiger partial charge in [0.25, 0.3) is 0 Å². The van der Waals surface area contributed by atoms with Crippen LogP contribution in [0.15, 0.2) is 78.3 Å². The van der Waals surface area contributed by atoms with Gasteiger partial charge in [0, 0.05) is 16.8 Å². The molecule has 2 amide bonds. The van der Waals surface area contributed by atoms with Crippen molar-refractivity contribution in [1.29, 1.82) is 0 Å². The topological polar surface area (TPSA) is 37.3 Å². The number of halogens is 2. The highest BCUT2D eigenvalue weighted by Crippen LogP contribution is 2.38. The molecule has 0 radical (unpaired) electrons. The van der Waals surface area contributed by atoms with Gasteiger partial charge in [0.05, 0.1) is 22.9 Å². The molecule has 7 heteroatoms. The minimum atomic E-state index is -0.521. The Balaban J connectivity index is 1.60. The number of fused-ring (bicyclic) bond motifs is 3. The number of nitrogens with zero attached hydrogens (tertiary/aromatic N) is 2. The molecule has 1 aliphatic rings. The molecule has 150 valence electrons. The van der Waals surface area contributed by atoms with Crippen molar-refractivity contribution >= 4 is 34.7 Å². The van der Waals surface area contributed by atoms with E-state index in [0.29, 0.717) is 12.2 Å². The van der Waals surface area contributed by atoms with Gasteiger partial charge in [-0.2, -0.15) is 0 Å². The Morgan fingerprint density at radius 3 is 2.77 bits per heavy atom. The molecule has 0 saturated heterocycles. The van der Waals surface area contributed by atoms with E-state index in [2.05, 4.69) is 16.0 Å². The maximum absolute atomic E-state index is 13.5. The van der Waals surface area contributed by atoms with Crippen molar-refractivity contribution in [3.63, 3.8) is 0 Å². The second-order valence-electron chi connectivity index (χ2n) is 7.04. The van der Waals surface area contributed by atoms with Crippen molar-refractivity contribution in [2.45, 2.75) is 12.6 Å². The largest absolute Gasteiger partial charge is 0.323 e. The smallest absolute Gasteiger partial charge is 0.318 e. The molecule has 0 fully saturated rings. The van der Waals surface area contributed by atoms with E-state index < -0.39 is 5.82 Å².